The van der Waals surface area contributed by atoms with Gasteiger partial charge in [0.05, 0.1) is 34.5 Å². The third-order valence-corrected chi connectivity index (χ3v) is 6.81. The van der Waals surface area contributed by atoms with Gasteiger partial charge in [0, 0.05) is 45.4 Å². The van der Waals surface area contributed by atoms with E-state index in [-0.39, 0.29) is 42.5 Å². The Morgan fingerprint density at radius 3 is 2.46 bits per heavy atom. The third kappa shape index (κ3) is 6.14. The molecule has 1 atom stereocenters. The van der Waals surface area contributed by atoms with Crippen LogP contribution in [0.5, 0.6) is 0 Å². The molecular weight excluding hydrogens is 550 g/mol. The van der Waals surface area contributed by atoms with Gasteiger partial charge in [-0.1, -0.05) is 17.7 Å². The number of rotatable bonds is 6. The number of hydrogen-bond acceptors (Lipinski definition) is 7. The van der Waals surface area contributed by atoms with Crippen LogP contribution in [-0.4, -0.2) is 48.8 Å². The highest BCUT2D eigenvalue weighted by atomic mass is 35.5. The van der Waals surface area contributed by atoms with E-state index in [2.05, 4.69) is 15.0 Å². The molecule has 14 heteroatoms. The molecule has 0 amide bonds. The second-order valence-electron chi connectivity index (χ2n) is 9.02. The number of methoxy groups -OCH3 is 1. The summed E-state index contributed by atoms with van der Waals surface area (Å²) < 4.78 is 87.2. The zero-order valence-electron chi connectivity index (χ0n) is 20.9. The molecule has 1 aliphatic rings. The monoisotopic (exact) mass is 574 g/mol. The Balaban J connectivity index is 1.86. The van der Waals surface area contributed by atoms with Crippen LogP contribution in [0.1, 0.15) is 34.0 Å². The van der Waals surface area contributed by atoms with Crippen molar-refractivity contribution in [1.29, 1.82) is 0 Å². The van der Waals surface area contributed by atoms with Gasteiger partial charge in [-0.25, -0.2) is 9.97 Å². The summed E-state index contributed by atoms with van der Waals surface area (Å²) >= 11 is 6.01. The number of hydrogen-bond donors (Lipinski definition) is 1. The summed E-state index contributed by atoms with van der Waals surface area (Å²) in [6.07, 6.45) is -7.98. The molecule has 7 nitrogen and oxygen atoms in total. The van der Waals surface area contributed by atoms with Crippen LogP contribution in [0.15, 0.2) is 36.5 Å². The molecule has 4 rings (SSSR count). The van der Waals surface area contributed by atoms with Crippen molar-refractivity contribution in [1.82, 2.24) is 15.0 Å². The van der Waals surface area contributed by atoms with Gasteiger partial charge in [0.25, 0.3) is 0 Å². The average molecular weight is 575 g/mol. The molecule has 210 valence electrons. The molecule has 39 heavy (non-hydrogen) atoms. The number of aromatic nitrogens is 3. The van der Waals surface area contributed by atoms with E-state index in [0.717, 1.165) is 18.2 Å². The molecule has 2 aromatic heterocycles. The number of pyridine rings is 1. The normalized spacial score (nSPS) is 16.1. The summed E-state index contributed by atoms with van der Waals surface area (Å²) in [6.45, 7) is 0.849. The van der Waals surface area contributed by atoms with Crippen LogP contribution in [0.2, 0.25) is 5.02 Å². The zero-order valence-corrected chi connectivity index (χ0v) is 21.7. The molecule has 0 saturated heterocycles. The van der Waals surface area contributed by atoms with Gasteiger partial charge in [-0.05, 0) is 36.2 Å². The minimum Gasteiger partial charge on any atom is -0.383 e. The highest BCUT2D eigenvalue weighted by Crippen LogP contribution is 2.42. The van der Waals surface area contributed by atoms with Gasteiger partial charge >= 0.3 is 12.4 Å². The molecule has 1 aromatic carbocycles. The molecule has 0 fully saturated rings. The molecule has 0 spiro atoms. The number of nitrogen functional groups attached to an aromatic ring is 1. The standard InChI is InChI=1S/C25H25ClF6N6O/c1-37(10-11-39-2)23-35-19-13-20(14-5-6-16(18(26)12-14)24(27,28)29)38(9-7-15(19)21(33)36-23)22-17(25(30,31)32)4-3-8-34-22/h3-6,8,12,20H,7,9-11,13H2,1-2H3,(H2,33,35,36). The van der Waals surface area contributed by atoms with Gasteiger partial charge in [-0.15, -0.1) is 0 Å². The summed E-state index contributed by atoms with van der Waals surface area (Å²) in [7, 11) is 3.28. The SMILES string of the molecule is COCCN(C)c1nc(N)c2c(n1)CC(c1ccc(C(F)(F)F)c(Cl)c1)N(c1ncccc1C(F)(F)F)CC2. The smallest absolute Gasteiger partial charge is 0.383 e. The molecule has 3 heterocycles. The molecule has 0 radical (unpaired) electrons. The first kappa shape index (κ1) is 28.7. The maximum absolute atomic E-state index is 14.0. The molecule has 0 aliphatic carbocycles. The number of likely N-dealkylation sites (N-methyl/N-ethyl adjacent to an activating group) is 1. The number of fused-ring (bicyclic) bond motifs is 1. The van der Waals surface area contributed by atoms with E-state index in [1.807, 2.05) is 0 Å². The Bertz CT molecular complexity index is 1340. The molecule has 1 aliphatic heterocycles. The van der Waals surface area contributed by atoms with Crippen molar-refractivity contribution >= 4 is 29.2 Å². The van der Waals surface area contributed by atoms with Gasteiger partial charge in [0.15, 0.2) is 0 Å². The van der Waals surface area contributed by atoms with Crippen LogP contribution in [0.4, 0.5) is 43.9 Å². The number of nitrogens with zero attached hydrogens (tertiary/aromatic N) is 5. The Morgan fingerprint density at radius 1 is 1.10 bits per heavy atom. The van der Waals surface area contributed by atoms with Gasteiger partial charge in [-0.3, -0.25) is 0 Å². The zero-order chi connectivity index (χ0) is 28.5. The van der Waals surface area contributed by atoms with Crippen LogP contribution in [0.3, 0.4) is 0 Å². The topological polar surface area (TPSA) is 80.4 Å². The van der Waals surface area contributed by atoms with E-state index >= 15 is 0 Å². The Hall–Kier alpha value is -3.32. The number of anilines is 3. The summed E-state index contributed by atoms with van der Waals surface area (Å²) in [5.74, 6) is 0.0972. The first-order valence-corrected chi connectivity index (χ1v) is 12.2. The lowest BCUT2D eigenvalue weighted by atomic mass is 9.98. The molecule has 2 N–H and O–H groups in total. The van der Waals surface area contributed by atoms with Crippen molar-refractivity contribution in [3.63, 3.8) is 0 Å². The first-order chi connectivity index (χ1) is 18.3. The molecule has 0 bridgehead atoms. The Labute approximate surface area is 225 Å². The quantitative estimate of drug-likeness (QED) is 0.385. The van der Waals surface area contributed by atoms with Gasteiger partial charge < -0.3 is 20.3 Å². The van der Waals surface area contributed by atoms with Crippen molar-refractivity contribution < 1.29 is 31.1 Å². The third-order valence-electron chi connectivity index (χ3n) is 6.50. The fourth-order valence-corrected chi connectivity index (χ4v) is 4.82. The van der Waals surface area contributed by atoms with Crippen LogP contribution in [0, 0.1) is 0 Å². The van der Waals surface area contributed by atoms with Crippen LogP contribution >= 0.6 is 11.6 Å². The van der Waals surface area contributed by atoms with Crippen LogP contribution in [0.25, 0.3) is 0 Å². The number of nitrogens with two attached hydrogens (primary N) is 1. The second kappa shape index (κ2) is 11.0. The summed E-state index contributed by atoms with van der Waals surface area (Å²) in [5, 5.41) is -0.566. The van der Waals surface area contributed by atoms with Crippen molar-refractivity contribution in [2.75, 3.05) is 49.4 Å². The molecule has 0 saturated carbocycles. The van der Waals surface area contributed by atoms with E-state index in [1.54, 1.807) is 19.1 Å². The van der Waals surface area contributed by atoms with Crippen molar-refractivity contribution in [2.24, 2.45) is 0 Å². The van der Waals surface area contributed by atoms with Crippen LogP contribution < -0.4 is 15.5 Å². The summed E-state index contributed by atoms with van der Waals surface area (Å²) in [5.41, 5.74) is 5.54. The van der Waals surface area contributed by atoms with E-state index < -0.39 is 34.5 Å². The minimum atomic E-state index is -4.72. The largest absolute Gasteiger partial charge is 0.419 e. The van der Waals surface area contributed by atoms with E-state index in [0.29, 0.717) is 24.4 Å². The fourth-order valence-electron chi connectivity index (χ4n) is 4.52. The highest BCUT2D eigenvalue weighted by molar-refractivity contribution is 6.31. The first-order valence-electron chi connectivity index (χ1n) is 11.8. The predicted octanol–water partition coefficient (Wildman–Crippen LogP) is 5.57. The number of alkyl halides is 6. The number of halogens is 7. The van der Waals surface area contributed by atoms with E-state index in [1.165, 1.54) is 23.2 Å². The molecular formula is C25H25ClF6N6O. The summed E-state index contributed by atoms with van der Waals surface area (Å²) in [6, 6.07) is 4.35. The van der Waals surface area contributed by atoms with Gasteiger partial charge in [-0.2, -0.15) is 31.3 Å². The average Bonchev–Trinajstić information content (AvgIpc) is 3.06. The fraction of sp³-hybridized carbons (Fsp3) is 0.400. The van der Waals surface area contributed by atoms with Crippen molar-refractivity contribution in [3.8, 4) is 0 Å². The Kier molecular flexibility index (Phi) is 8.12. The number of benzene rings is 1. The number of ether oxygens (including phenoxy) is 1. The second-order valence-corrected chi connectivity index (χ2v) is 9.43. The molecule has 1 unspecified atom stereocenters. The van der Waals surface area contributed by atoms with Crippen LogP contribution in [-0.2, 0) is 29.9 Å². The van der Waals surface area contributed by atoms with Gasteiger partial charge in [0.2, 0.25) is 5.95 Å². The molecule has 3 aromatic rings. The summed E-state index contributed by atoms with van der Waals surface area (Å²) in [4.78, 5) is 16.2. The van der Waals surface area contributed by atoms with E-state index in [4.69, 9.17) is 22.1 Å². The lowest BCUT2D eigenvalue weighted by molar-refractivity contribution is -0.138. The van der Waals surface area contributed by atoms with Crippen molar-refractivity contribution in [2.45, 2.75) is 31.2 Å². The lowest BCUT2D eigenvalue weighted by Gasteiger charge is -2.33. The highest BCUT2D eigenvalue weighted by Gasteiger charge is 2.39. The van der Waals surface area contributed by atoms with Crippen molar-refractivity contribution in [3.05, 3.63) is 69.5 Å². The predicted molar refractivity (Wildman–Crippen MR) is 135 cm³/mol. The maximum Gasteiger partial charge on any atom is 0.419 e. The Morgan fingerprint density at radius 2 is 1.82 bits per heavy atom. The van der Waals surface area contributed by atoms with E-state index in [9.17, 15) is 26.3 Å². The minimum absolute atomic E-state index is 0.0166. The maximum atomic E-state index is 14.0. The lowest BCUT2D eigenvalue weighted by Crippen LogP contribution is -2.33. The van der Waals surface area contributed by atoms with Gasteiger partial charge in [0.1, 0.15) is 11.6 Å².